The van der Waals surface area contributed by atoms with Crippen molar-refractivity contribution in [2.24, 2.45) is 5.92 Å². The fourth-order valence-electron chi connectivity index (χ4n) is 2.70. The van der Waals surface area contributed by atoms with E-state index in [1.165, 1.54) is 6.07 Å². The molecule has 0 bridgehead atoms. The van der Waals surface area contributed by atoms with Crippen LogP contribution in [-0.4, -0.2) is 28.0 Å². The summed E-state index contributed by atoms with van der Waals surface area (Å²) >= 11 is 0. The zero-order valence-electron chi connectivity index (χ0n) is 13.1. The van der Waals surface area contributed by atoms with Crippen molar-refractivity contribution < 1.29 is 9.50 Å². The number of benzene rings is 1. The molecule has 0 aliphatic heterocycles. The van der Waals surface area contributed by atoms with E-state index >= 15 is 0 Å². The van der Waals surface area contributed by atoms with Crippen molar-refractivity contribution in [3.8, 4) is 11.3 Å². The van der Waals surface area contributed by atoms with Gasteiger partial charge in [-0.2, -0.15) is 5.10 Å². The maximum Gasteiger partial charge on any atom is 0.132 e. The van der Waals surface area contributed by atoms with Crippen LogP contribution >= 0.6 is 0 Å². The molecule has 120 valence electrons. The zero-order valence-corrected chi connectivity index (χ0v) is 13.1. The van der Waals surface area contributed by atoms with Crippen LogP contribution in [0.1, 0.15) is 32.3 Å². The average molecular weight is 305 g/mol. The van der Waals surface area contributed by atoms with Crippen LogP contribution in [0.4, 0.5) is 4.39 Å². The Morgan fingerprint density at radius 1 is 1.27 bits per heavy atom. The predicted octanol–water partition coefficient (Wildman–Crippen LogP) is 3.10. The topological polar surface area (TPSA) is 60.9 Å². The van der Waals surface area contributed by atoms with Gasteiger partial charge in [0.1, 0.15) is 5.82 Å². The van der Waals surface area contributed by atoms with Gasteiger partial charge < -0.3 is 10.4 Å². The molecule has 1 aromatic carbocycles. The second-order valence-corrected chi connectivity index (χ2v) is 5.52. The molecule has 4 nitrogen and oxygen atoms in total. The lowest BCUT2D eigenvalue weighted by Crippen LogP contribution is -2.32. The lowest BCUT2D eigenvalue weighted by Gasteiger charge is -2.20. The zero-order chi connectivity index (χ0) is 15.9. The molecule has 3 N–H and O–H groups in total. The molecule has 0 aliphatic carbocycles. The van der Waals surface area contributed by atoms with Gasteiger partial charge >= 0.3 is 0 Å². The summed E-state index contributed by atoms with van der Waals surface area (Å²) in [5.41, 5.74) is 2.09. The Labute approximate surface area is 130 Å². The van der Waals surface area contributed by atoms with E-state index in [-0.39, 0.29) is 11.9 Å². The predicted molar refractivity (Wildman–Crippen MR) is 85.8 cm³/mol. The molecule has 1 heterocycles. The molecule has 2 aromatic rings. The molecule has 1 aromatic heterocycles. The number of nitrogens with one attached hydrogen (secondary N) is 2. The largest absolute Gasteiger partial charge is 0.392 e. The van der Waals surface area contributed by atoms with Crippen LogP contribution in [0.15, 0.2) is 30.5 Å². The van der Waals surface area contributed by atoms with E-state index in [2.05, 4.69) is 29.4 Å². The highest BCUT2D eigenvalue weighted by Crippen LogP contribution is 2.23. The maximum atomic E-state index is 13.9. The second kappa shape index (κ2) is 8.06. The first-order valence-electron chi connectivity index (χ1n) is 7.83. The van der Waals surface area contributed by atoms with Gasteiger partial charge in [0, 0.05) is 24.2 Å². The molecular formula is C17H24FN3O. The molecule has 0 spiro atoms. The Morgan fingerprint density at radius 2 is 2.00 bits per heavy atom. The van der Waals surface area contributed by atoms with Gasteiger partial charge in [-0.15, -0.1) is 0 Å². The van der Waals surface area contributed by atoms with Crippen LogP contribution in [0, 0.1) is 11.7 Å². The highest BCUT2D eigenvalue weighted by atomic mass is 19.1. The molecule has 0 radical (unpaired) electrons. The molecule has 0 saturated heterocycles. The Morgan fingerprint density at radius 3 is 2.68 bits per heavy atom. The molecule has 5 heteroatoms. The smallest absolute Gasteiger partial charge is 0.132 e. The normalized spacial score (nSPS) is 12.8. The van der Waals surface area contributed by atoms with Gasteiger partial charge in [-0.25, -0.2) is 4.39 Å². The number of rotatable bonds is 8. The number of aromatic nitrogens is 2. The van der Waals surface area contributed by atoms with E-state index in [4.69, 9.17) is 0 Å². The summed E-state index contributed by atoms with van der Waals surface area (Å²) in [6, 6.07) is 6.63. The SMILES string of the molecule is CCC(CC)C(O)CNCc1cn[nH]c1-c1ccccc1F. The number of H-pyrrole nitrogens is 1. The van der Waals surface area contributed by atoms with Crippen LogP contribution in [0.5, 0.6) is 0 Å². The number of hydrogen-bond acceptors (Lipinski definition) is 3. The summed E-state index contributed by atoms with van der Waals surface area (Å²) in [5, 5.41) is 20.2. The molecular weight excluding hydrogens is 281 g/mol. The van der Waals surface area contributed by atoms with E-state index < -0.39 is 0 Å². The number of nitrogens with zero attached hydrogens (tertiary/aromatic N) is 1. The molecule has 0 saturated carbocycles. The third-order valence-electron chi connectivity index (χ3n) is 4.12. The number of aromatic amines is 1. The van der Waals surface area contributed by atoms with Gasteiger partial charge in [0.15, 0.2) is 0 Å². The number of halogens is 1. The monoisotopic (exact) mass is 305 g/mol. The van der Waals surface area contributed by atoms with Crippen LogP contribution in [0.25, 0.3) is 11.3 Å². The van der Waals surface area contributed by atoms with Crippen molar-refractivity contribution in [2.45, 2.75) is 39.3 Å². The minimum absolute atomic E-state index is 0.273. The first kappa shape index (κ1) is 16.6. The Kier molecular flexibility index (Phi) is 6.10. The van der Waals surface area contributed by atoms with Crippen LogP contribution in [0.3, 0.4) is 0 Å². The van der Waals surface area contributed by atoms with E-state index in [9.17, 15) is 9.50 Å². The molecule has 0 fully saturated rings. The van der Waals surface area contributed by atoms with Gasteiger partial charge in [0.25, 0.3) is 0 Å². The van der Waals surface area contributed by atoms with Crippen molar-refractivity contribution in [1.29, 1.82) is 0 Å². The van der Waals surface area contributed by atoms with Crippen LogP contribution < -0.4 is 5.32 Å². The number of hydrogen-bond donors (Lipinski definition) is 3. The fraction of sp³-hybridized carbons (Fsp3) is 0.471. The Balaban J connectivity index is 1.98. The summed E-state index contributed by atoms with van der Waals surface area (Å²) < 4.78 is 13.9. The van der Waals surface area contributed by atoms with Gasteiger partial charge in [0.05, 0.1) is 18.0 Å². The molecule has 0 amide bonds. The third kappa shape index (κ3) is 3.93. The summed E-state index contributed by atoms with van der Waals surface area (Å²) in [7, 11) is 0. The standard InChI is InChI=1S/C17H24FN3O/c1-3-12(4-2)16(22)11-19-9-13-10-20-21-17(13)14-7-5-6-8-15(14)18/h5-8,10,12,16,19,22H,3-4,9,11H2,1-2H3,(H,20,21). The summed E-state index contributed by atoms with van der Waals surface area (Å²) in [6.45, 7) is 5.24. The molecule has 0 aliphatic rings. The van der Waals surface area contributed by atoms with Crippen LogP contribution in [-0.2, 0) is 6.54 Å². The van der Waals surface area contributed by atoms with Gasteiger partial charge in [-0.05, 0) is 18.1 Å². The van der Waals surface area contributed by atoms with E-state index in [1.807, 2.05) is 0 Å². The summed E-state index contributed by atoms with van der Waals surface area (Å²) in [4.78, 5) is 0. The fourth-order valence-corrected chi connectivity index (χ4v) is 2.70. The Bertz CT molecular complexity index is 581. The highest BCUT2D eigenvalue weighted by molar-refractivity contribution is 5.63. The third-order valence-corrected chi connectivity index (χ3v) is 4.12. The van der Waals surface area contributed by atoms with Crippen molar-refractivity contribution in [2.75, 3.05) is 6.54 Å². The van der Waals surface area contributed by atoms with E-state index in [1.54, 1.807) is 24.4 Å². The second-order valence-electron chi connectivity index (χ2n) is 5.52. The quantitative estimate of drug-likeness (QED) is 0.702. The lowest BCUT2D eigenvalue weighted by atomic mass is 9.96. The molecule has 2 rings (SSSR count). The first-order chi connectivity index (χ1) is 10.7. The highest BCUT2D eigenvalue weighted by Gasteiger charge is 2.16. The van der Waals surface area contributed by atoms with Gasteiger partial charge in [-0.1, -0.05) is 38.8 Å². The van der Waals surface area contributed by atoms with Gasteiger partial charge in [-0.3, -0.25) is 5.10 Å². The van der Waals surface area contributed by atoms with Crippen molar-refractivity contribution >= 4 is 0 Å². The minimum atomic E-state index is -0.362. The molecule has 1 unspecified atom stereocenters. The van der Waals surface area contributed by atoms with Crippen LogP contribution in [0.2, 0.25) is 0 Å². The first-order valence-corrected chi connectivity index (χ1v) is 7.83. The van der Waals surface area contributed by atoms with Crippen molar-refractivity contribution in [3.05, 3.63) is 41.8 Å². The van der Waals surface area contributed by atoms with E-state index in [0.717, 1.165) is 18.4 Å². The lowest BCUT2D eigenvalue weighted by molar-refractivity contribution is 0.101. The van der Waals surface area contributed by atoms with Crippen molar-refractivity contribution in [1.82, 2.24) is 15.5 Å². The molecule has 22 heavy (non-hydrogen) atoms. The minimum Gasteiger partial charge on any atom is -0.392 e. The van der Waals surface area contributed by atoms with E-state index in [0.29, 0.717) is 30.3 Å². The number of aliphatic hydroxyl groups excluding tert-OH is 1. The Hall–Kier alpha value is -1.72. The van der Waals surface area contributed by atoms with Crippen molar-refractivity contribution in [3.63, 3.8) is 0 Å². The average Bonchev–Trinajstić information content (AvgIpc) is 2.97. The number of aliphatic hydroxyl groups is 1. The van der Waals surface area contributed by atoms with Gasteiger partial charge in [0.2, 0.25) is 0 Å². The maximum absolute atomic E-state index is 13.9. The summed E-state index contributed by atoms with van der Waals surface area (Å²) in [5.74, 6) is 0.0351. The summed E-state index contributed by atoms with van der Waals surface area (Å²) in [6.07, 6.45) is 3.26. The molecule has 1 atom stereocenters.